The van der Waals surface area contributed by atoms with Gasteiger partial charge >= 0.3 is 6.18 Å². The lowest BCUT2D eigenvalue weighted by molar-refractivity contribution is -0.151. The van der Waals surface area contributed by atoms with Crippen molar-refractivity contribution in [1.29, 1.82) is 0 Å². The Morgan fingerprint density at radius 1 is 1.19 bits per heavy atom. The van der Waals surface area contributed by atoms with Crippen LogP contribution in [0.15, 0.2) is 29.7 Å². The van der Waals surface area contributed by atoms with E-state index in [0.717, 1.165) is 11.1 Å². The van der Waals surface area contributed by atoms with Crippen LogP contribution in [0.25, 0.3) is 0 Å². The molecule has 1 N–H and O–H groups in total. The molecule has 1 aromatic carbocycles. The molecule has 0 aromatic heterocycles. The fourth-order valence-electron chi connectivity index (χ4n) is 1.85. The summed E-state index contributed by atoms with van der Waals surface area (Å²) in [7, 11) is 0. The minimum Gasteiger partial charge on any atom is -0.483 e. The van der Waals surface area contributed by atoms with E-state index in [0.29, 0.717) is 5.69 Å². The van der Waals surface area contributed by atoms with E-state index in [2.05, 4.69) is 10.1 Å². The number of benzene rings is 1. The monoisotopic (exact) mass is 301 g/mol. The molecule has 21 heavy (non-hydrogen) atoms. The van der Waals surface area contributed by atoms with Gasteiger partial charge in [-0.3, -0.25) is 4.79 Å². The summed E-state index contributed by atoms with van der Waals surface area (Å²) in [6, 6.07) is 5.28. The predicted molar refractivity (Wildman–Crippen MR) is 69.5 cm³/mol. The third-order valence-electron chi connectivity index (χ3n) is 2.89. The molecule has 1 aliphatic rings. The molecule has 0 fully saturated rings. The first-order chi connectivity index (χ1) is 9.79. The first-order valence-corrected chi connectivity index (χ1v) is 6.24. The predicted octanol–water partition coefficient (Wildman–Crippen LogP) is 3.06. The maximum absolute atomic E-state index is 12.8. The van der Waals surface area contributed by atoms with Gasteiger partial charge in [-0.1, -0.05) is 12.1 Å². The van der Waals surface area contributed by atoms with Crippen LogP contribution in [0.2, 0.25) is 0 Å². The number of hydrogen-bond donors (Lipinski definition) is 1. The third kappa shape index (κ3) is 3.48. The van der Waals surface area contributed by atoms with Crippen molar-refractivity contribution in [2.24, 2.45) is 0 Å². The highest BCUT2D eigenvalue weighted by atomic mass is 19.4. The van der Waals surface area contributed by atoms with Crippen LogP contribution < -0.4 is 5.32 Å². The van der Waals surface area contributed by atoms with Gasteiger partial charge in [-0.25, -0.2) is 0 Å². The van der Waals surface area contributed by atoms with Crippen LogP contribution in [-0.2, 0) is 14.3 Å². The van der Waals surface area contributed by atoms with Crippen LogP contribution in [0.3, 0.4) is 0 Å². The number of carbonyl (C=O) groups is 1. The molecule has 4 nitrogen and oxygen atoms in total. The largest absolute Gasteiger partial charge is 0.483 e. The highest BCUT2D eigenvalue weighted by Crippen LogP contribution is 2.32. The summed E-state index contributed by atoms with van der Waals surface area (Å²) in [5, 5.41) is 2.42. The minimum atomic E-state index is -4.77. The second-order valence-electron chi connectivity index (χ2n) is 4.63. The van der Waals surface area contributed by atoms with E-state index in [1.54, 1.807) is 19.1 Å². The number of rotatable bonds is 2. The molecule has 7 heteroatoms. The second kappa shape index (κ2) is 5.67. The Bertz CT molecular complexity index is 594. The summed E-state index contributed by atoms with van der Waals surface area (Å²) in [5.41, 5.74) is 2.05. The zero-order valence-electron chi connectivity index (χ0n) is 11.5. The number of allylic oxidation sites excluding steroid dienone is 1. The Kier molecular flexibility index (Phi) is 4.11. The van der Waals surface area contributed by atoms with Gasteiger partial charge in [-0.05, 0) is 31.0 Å². The van der Waals surface area contributed by atoms with E-state index in [4.69, 9.17) is 4.74 Å². The Hall–Kier alpha value is -2.18. The van der Waals surface area contributed by atoms with Gasteiger partial charge in [0.05, 0.1) is 0 Å². The number of halogens is 3. The molecule has 0 aliphatic carbocycles. The van der Waals surface area contributed by atoms with Crippen molar-refractivity contribution in [3.63, 3.8) is 0 Å². The molecule has 0 saturated heterocycles. The molecule has 1 amide bonds. The Balaban J connectivity index is 2.30. The van der Waals surface area contributed by atoms with E-state index in [1.807, 2.05) is 13.0 Å². The van der Waals surface area contributed by atoms with Gasteiger partial charge in [0.2, 0.25) is 11.5 Å². The van der Waals surface area contributed by atoms with Gasteiger partial charge in [0.25, 0.3) is 5.91 Å². The fraction of sp³-hybridized carbons (Fsp3) is 0.357. The normalized spacial score (nSPS) is 15.3. The first-order valence-electron chi connectivity index (χ1n) is 6.24. The van der Waals surface area contributed by atoms with E-state index < -0.39 is 23.6 Å². The number of aryl methyl sites for hydroxylation is 2. The number of amides is 1. The fourth-order valence-corrected chi connectivity index (χ4v) is 1.85. The van der Waals surface area contributed by atoms with Gasteiger partial charge in [0, 0.05) is 5.69 Å². The van der Waals surface area contributed by atoms with E-state index in [1.165, 1.54) is 0 Å². The molecular weight excluding hydrogens is 287 g/mol. The number of hydrogen-bond acceptors (Lipinski definition) is 3. The zero-order chi connectivity index (χ0) is 15.6. The zero-order valence-corrected chi connectivity index (χ0v) is 11.5. The Morgan fingerprint density at radius 2 is 1.86 bits per heavy atom. The molecule has 0 saturated carbocycles. The number of nitrogens with one attached hydrogen (secondary N) is 1. The summed E-state index contributed by atoms with van der Waals surface area (Å²) in [6.45, 7) is 3.21. The molecule has 0 unspecified atom stereocenters. The topological polar surface area (TPSA) is 47.6 Å². The number of alkyl halides is 3. The maximum Gasteiger partial charge on any atom is 0.453 e. The second-order valence-corrected chi connectivity index (χ2v) is 4.63. The lowest BCUT2D eigenvalue weighted by atomic mass is 10.1. The molecule has 1 heterocycles. The first kappa shape index (κ1) is 15.2. The molecule has 0 radical (unpaired) electrons. The van der Waals surface area contributed by atoms with Crippen molar-refractivity contribution in [2.75, 3.05) is 18.5 Å². The Morgan fingerprint density at radius 3 is 2.52 bits per heavy atom. The lowest BCUT2D eigenvalue weighted by Crippen LogP contribution is -2.30. The van der Waals surface area contributed by atoms with Crippen LogP contribution in [-0.4, -0.2) is 25.3 Å². The van der Waals surface area contributed by atoms with Crippen molar-refractivity contribution in [3.05, 3.63) is 40.8 Å². The summed E-state index contributed by atoms with van der Waals surface area (Å²) < 4.78 is 47.8. The lowest BCUT2D eigenvalue weighted by Gasteiger charge is -2.23. The number of carbonyl (C=O) groups excluding carboxylic acids is 1. The SMILES string of the molecule is Cc1ccc(C)c(NC(=O)C2=C(C(F)(F)F)OCCO2)c1. The highest BCUT2D eigenvalue weighted by molar-refractivity contribution is 6.03. The van der Waals surface area contributed by atoms with Crippen molar-refractivity contribution in [1.82, 2.24) is 0 Å². The van der Waals surface area contributed by atoms with Crippen LogP contribution in [0.4, 0.5) is 18.9 Å². The smallest absolute Gasteiger partial charge is 0.453 e. The van der Waals surface area contributed by atoms with Gasteiger partial charge < -0.3 is 14.8 Å². The Labute approximate surface area is 119 Å². The molecule has 114 valence electrons. The molecule has 2 rings (SSSR count). The van der Waals surface area contributed by atoms with Gasteiger partial charge in [0.15, 0.2) is 0 Å². The maximum atomic E-state index is 12.8. The van der Waals surface area contributed by atoms with Crippen molar-refractivity contribution in [3.8, 4) is 0 Å². The molecule has 1 aromatic rings. The van der Waals surface area contributed by atoms with E-state index >= 15 is 0 Å². The van der Waals surface area contributed by atoms with Crippen LogP contribution >= 0.6 is 0 Å². The molecule has 0 spiro atoms. The van der Waals surface area contributed by atoms with Gasteiger partial charge in [-0.2, -0.15) is 13.2 Å². The van der Waals surface area contributed by atoms with Gasteiger partial charge in [0.1, 0.15) is 13.2 Å². The summed E-state index contributed by atoms with van der Waals surface area (Å²) in [5.74, 6) is -3.21. The standard InChI is InChI=1S/C14H14F3NO3/c1-8-3-4-9(2)10(7-8)18-13(19)11-12(14(15,16)17)21-6-5-20-11/h3-4,7H,5-6H2,1-2H3,(H,18,19). The molecular formula is C14H14F3NO3. The van der Waals surface area contributed by atoms with Crippen LogP contribution in [0.1, 0.15) is 11.1 Å². The average Bonchev–Trinajstić information content (AvgIpc) is 2.42. The van der Waals surface area contributed by atoms with Crippen molar-refractivity contribution >= 4 is 11.6 Å². The average molecular weight is 301 g/mol. The summed E-state index contributed by atoms with van der Waals surface area (Å²) in [6.07, 6.45) is -4.77. The molecule has 0 atom stereocenters. The van der Waals surface area contributed by atoms with Gasteiger partial charge in [-0.15, -0.1) is 0 Å². The number of ether oxygens (including phenoxy) is 2. The van der Waals surface area contributed by atoms with E-state index in [9.17, 15) is 18.0 Å². The summed E-state index contributed by atoms with van der Waals surface area (Å²) >= 11 is 0. The minimum absolute atomic E-state index is 0.102. The highest BCUT2D eigenvalue weighted by Gasteiger charge is 2.43. The summed E-state index contributed by atoms with van der Waals surface area (Å²) in [4.78, 5) is 12.0. The quantitative estimate of drug-likeness (QED) is 0.913. The van der Waals surface area contributed by atoms with E-state index in [-0.39, 0.29) is 13.2 Å². The number of anilines is 1. The third-order valence-corrected chi connectivity index (χ3v) is 2.89. The van der Waals surface area contributed by atoms with Crippen molar-refractivity contribution < 1.29 is 27.4 Å². The van der Waals surface area contributed by atoms with Crippen molar-refractivity contribution in [2.45, 2.75) is 20.0 Å². The van der Waals surface area contributed by atoms with Crippen LogP contribution in [0, 0.1) is 13.8 Å². The molecule has 0 bridgehead atoms. The molecule has 1 aliphatic heterocycles. The van der Waals surface area contributed by atoms with Crippen LogP contribution in [0.5, 0.6) is 0 Å².